The Morgan fingerprint density at radius 1 is 1.25 bits per heavy atom. The van der Waals surface area contributed by atoms with E-state index >= 15 is 0 Å². The molecule has 2 heterocycles. The van der Waals surface area contributed by atoms with Crippen molar-refractivity contribution in [1.29, 1.82) is 0 Å². The zero-order valence-electron chi connectivity index (χ0n) is 13.1. The van der Waals surface area contributed by atoms with E-state index in [-0.39, 0.29) is 6.54 Å². The second-order valence-corrected chi connectivity index (χ2v) is 4.67. The molecule has 0 aliphatic carbocycles. The number of nitrogens with one attached hydrogen (secondary N) is 1. The van der Waals surface area contributed by atoms with Gasteiger partial charge in [-0.05, 0) is 30.3 Å². The third-order valence-electron chi connectivity index (χ3n) is 2.98. The number of nitrogens with zero attached hydrogens (tertiary/aromatic N) is 7. The van der Waals surface area contributed by atoms with Crippen LogP contribution in [-0.4, -0.2) is 54.0 Å². The Balaban J connectivity index is 1.82. The molecule has 24 heavy (non-hydrogen) atoms. The normalized spacial score (nSPS) is 10.5. The van der Waals surface area contributed by atoms with Gasteiger partial charge in [-0.2, -0.15) is 10.0 Å². The molecule has 0 fully saturated rings. The molecule has 0 amide bonds. The van der Waals surface area contributed by atoms with Crippen LogP contribution in [0.1, 0.15) is 12.7 Å². The monoisotopic (exact) mass is 328 g/mol. The number of H-pyrrole nitrogens is 1. The Bertz CT molecular complexity index is 799. The van der Waals surface area contributed by atoms with E-state index in [1.54, 1.807) is 6.08 Å². The lowest BCUT2D eigenvalue weighted by Gasteiger charge is -2.11. The molecule has 0 spiro atoms. The van der Waals surface area contributed by atoms with Crippen LogP contribution < -0.4 is 9.47 Å². The minimum Gasteiger partial charge on any atom is -0.490 e. The minimum atomic E-state index is 0.280. The third-order valence-corrected chi connectivity index (χ3v) is 2.98. The summed E-state index contributed by atoms with van der Waals surface area (Å²) in [6.07, 6.45) is 1.68. The number of benzene rings is 1. The highest BCUT2D eigenvalue weighted by atomic mass is 16.5. The van der Waals surface area contributed by atoms with Crippen LogP contribution in [0.5, 0.6) is 11.5 Å². The van der Waals surface area contributed by atoms with Crippen molar-refractivity contribution in [2.75, 3.05) is 13.2 Å². The van der Waals surface area contributed by atoms with Crippen LogP contribution in [0, 0.1) is 0 Å². The molecule has 1 aromatic carbocycles. The topological polar surface area (TPSA) is 117 Å². The lowest BCUT2D eigenvalue weighted by atomic mass is 10.2. The third kappa shape index (κ3) is 3.54. The Kier molecular flexibility index (Phi) is 4.75. The van der Waals surface area contributed by atoms with Crippen molar-refractivity contribution in [1.82, 2.24) is 40.8 Å². The highest BCUT2D eigenvalue weighted by Crippen LogP contribution is 2.31. The molecule has 0 unspecified atom stereocenters. The predicted molar refractivity (Wildman–Crippen MR) is 83.4 cm³/mol. The van der Waals surface area contributed by atoms with E-state index in [0.717, 1.165) is 5.56 Å². The summed E-state index contributed by atoms with van der Waals surface area (Å²) in [5, 5.41) is 25.9. The molecule has 10 nitrogen and oxygen atoms in total. The van der Waals surface area contributed by atoms with E-state index in [9.17, 15) is 0 Å². The number of hydrogen-bond acceptors (Lipinski definition) is 8. The van der Waals surface area contributed by atoms with Gasteiger partial charge in [-0.3, -0.25) is 0 Å². The van der Waals surface area contributed by atoms with Crippen LogP contribution in [-0.2, 0) is 6.54 Å². The quantitative estimate of drug-likeness (QED) is 0.605. The lowest BCUT2D eigenvalue weighted by Crippen LogP contribution is -2.05. The van der Waals surface area contributed by atoms with Crippen molar-refractivity contribution in [2.24, 2.45) is 0 Å². The van der Waals surface area contributed by atoms with Crippen molar-refractivity contribution in [3.8, 4) is 22.9 Å². The highest BCUT2D eigenvalue weighted by Gasteiger charge is 2.12. The van der Waals surface area contributed by atoms with Crippen molar-refractivity contribution < 1.29 is 9.47 Å². The number of tetrazole rings is 2. The summed E-state index contributed by atoms with van der Waals surface area (Å²) in [5.74, 6) is 2.20. The van der Waals surface area contributed by atoms with Gasteiger partial charge >= 0.3 is 0 Å². The first kappa shape index (κ1) is 15.6. The number of aromatic amines is 1. The molecule has 0 saturated carbocycles. The number of hydrogen-bond donors (Lipinski definition) is 1. The highest BCUT2D eigenvalue weighted by molar-refractivity contribution is 5.60. The largest absolute Gasteiger partial charge is 0.490 e. The molecule has 0 bridgehead atoms. The van der Waals surface area contributed by atoms with Gasteiger partial charge in [-0.1, -0.05) is 17.9 Å². The summed E-state index contributed by atoms with van der Waals surface area (Å²) >= 11 is 0. The Morgan fingerprint density at radius 2 is 2.17 bits per heavy atom. The van der Waals surface area contributed by atoms with E-state index in [1.165, 1.54) is 4.80 Å². The van der Waals surface area contributed by atoms with E-state index < -0.39 is 0 Å². The minimum absolute atomic E-state index is 0.280. The van der Waals surface area contributed by atoms with Crippen molar-refractivity contribution in [3.05, 3.63) is 36.7 Å². The predicted octanol–water partition coefficient (Wildman–Crippen LogP) is 0.865. The zero-order valence-corrected chi connectivity index (χ0v) is 13.1. The van der Waals surface area contributed by atoms with Gasteiger partial charge in [0.05, 0.1) is 6.61 Å². The summed E-state index contributed by atoms with van der Waals surface area (Å²) in [6, 6.07) is 5.47. The van der Waals surface area contributed by atoms with Gasteiger partial charge in [0.1, 0.15) is 13.2 Å². The van der Waals surface area contributed by atoms with E-state index in [4.69, 9.17) is 9.47 Å². The van der Waals surface area contributed by atoms with Gasteiger partial charge in [0.2, 0.25) is 5.82 Å². The molecule has 3 rings (SSSR count). The van der Waals surface area contributed by atoms with Gasteiger partial charge in [0, 0.05) is 5.56 Å². The van der Waals surface area contributed by atoms with Crippen molar-refractivity contribution in [3.63, 3.8) is 0 Å². The fraction of sp³-hybridized carbons (Fsp3) is 0.286. The van der Waals surface area contributed by atoms with Crippen LogP contribution in [0.25, 0.3) is 11.4 Å². The Labute approximate surface area is 137 Å². The van der Waals surface area contributed by atoms with E-state index in [0.29, 0.717) is 36.4 Å². The first-order valence-corrected chi connectivity index (χ1v) is 7.31. The van der Waals surface area contributed by atoms with Crippen LogP contribution in [0.15, 0.2) is 30.9 Å². The van der Waals surface area contributed by atoms with Gasteiger partial charge < -0.3 is 9.47 Å². The van der Waals surface area contributed by atoms with Crippen LogP contribution in [0.2, 0.25) is 0 Å². The second-order valence-electron chi connectivity index (χ2n) is 4.67. The standard InChI is InChI=1S/C14H16N8O2/c1-3-7-24-11-6-5-10(8-12(11)23-4-2)14-17-21-22(18-14)9-13-15-19-20-16-13/h3,5-6,8H,1,4,7,9H2,2H3,(H,15,16,19,20). The average molecular weight is 328 g/mol. The van der Waals surface area contributed by atoms with E-state index in [2.05, 4.69) is 42.6 Å². The summed E-state index contributed by atoms with van der Waals surface area (Å²) in [7, 11) is 0. The molecule has 0 radical (unpaired) electrons. The van der Waals surface area contributed by atoms with Crippen LogP contribution >= 0.6 is 0 Å². The molecule has 0 saturated heterocycles. The number of aromatic nitrogens is 8. The first-order chi connectivity index (χ1) is 11.8. The van der Waals surface area contributed by atoms with Gasteiger partial charge in [0.15, 0.2) is 17.3 Å². The van der Waals surface area contributed by atoms with Gasteiger partial charge in [-0.15, -0.1) is 20.4 Å². The number of ether oxygens (including phenoxy) is 2. The maximum absolute atomic E-state index is 5.61. The molecule has 3 aromatic rings. The second kappa shape index (κ2) is 7.31. The van der Waals surface area contributed by atoms with Gasteiger partial charge in [-0.25, -0.2) is 0 Å². The van der Waals surface area contributed by atoms with Gasteiger partial charge in [0.25, 0.3) is 0 Å². The summed E-state index contributed by atoms with van der Waals surface area (Å²) in [5.41, 5.74) is 0.767. The fourth-order valence-corrected chi connectivity index (χ4v) is 1.99. The average Bonchev–Trinajstić information content (AvgIpc) is 3.26. The molecular formula is C14H16N8O2. The smallest absolute Gasteiger partial charge is 0.205 e. The molecule has 0 atom stereocenters. The Hall–Kier alpha value is -3.30. The zero-order chi connectivity index (χ0) is 16.8. The molecule has 1 N–H and O–H groups in total. The molecular weight excluding hydrogens is 312 g/mol. The fourth-order valence-electron chi connectivity index (χ4n) is 1.99. The molecule has 0 aliphatic rings. The van der Waals surface area contributed by atoms with Crippen LogP contribution in [0.4, 0.5) is 0 Å². The molecule has 124 valence electrons. The first-order valence-electron chi connectivity index (χ1n) is 7.31. The van der Waals surface area contributed by atoms with Crippen molar-refractivity contribution >= 4 is 0 Å². The van der Waals surface area contributed by atoms with E-state index in [1.807, 2.05) is 25.1 Å². The van der Waals surface area contributed by atoms with Crippen LogP contribution in [0.3, 0.4) is 0 Å². The molecule has 2 aromatic heterocycles. The summed E-state index contributed by atoms with van der Waals surface area (Å²) < 4.78 is 11.2. The Morgan fingerprint density at radius 3 is 2.92 bits per heavy atom. The maximum Gasteiger partial charge on any atom is 0.205 e. The maximum atomic E-state index is 5.61. The van der Waals surface area contributed by atoms with Crippen molar-refractivity contribution in [2.45, 2.75) is 13.5 Å². The molecule has 10 heteroatoms. The summed E-state index contributed by atoms with van der Waals surface area (Å²) in [6.45, 7) is 6.74. The lowest BCUT2D eigenvalue weighted by molar-refractivity contribution is 0.297. The molecule has 0 aliphatic heterocycles. The SMILES string of the molecule is C=CCOc1ccc(-c2nnn(Cc3nn[nH]n3)n2)cc1OCC. The number of rotatable bonds is 8. The summed E-state index contributed by atoms with van der Waals surface area (Å²) in [4.78, 5) is 1.39.